The number of halogens is 2. The fourth-order valence-electron chi connectivity index (χ4n) is 2.64. The van der Waals surface area contributed by atoms with Crippen LogP contribution in [0, 0.1) is 5.82 Å². The minimum atomic E-state index is -0.247. The summed E-state index contributed by atoms with van der Waals surface area (Å²) in [5.74, 6) is 0.428. The monoisotopic (exact) mass is 464 g/mol. The van der Waals surface area contributed by atoms with E-state index >= 15 is 0 Å². The molecule has 6 nitrogen and oxygen atoms in total. The molecule has 8 heteroatoms. The lowest BCUT2D eigenvalue weighted by molar-refractivity contribution is 0.0963. The summed E-state index contributed by atoms with van der Waals surface area (Å²) in [5, 5.41) is 6.53. The molecule has 1 aromatic rings. The third-order valence-corrected chi connectivity index (χ3v) is 3.93. The summed E-state index contributed by atoms with van der Waals surface area (Å²) < 4.78 is 18.2. The molecule has 0 aliphatic carbocycles. The van der Waals surface area contributed by atoms with E-state index in [1.807, 2.05) is 6.07 Å². The van der Waals surface area contributed by atoms with E-state index < -0.39 is 0 Å². The van der Waals surface area contributed by atoms with E-state index in [0.29, 0.717) is 32.2 Å². The minimum absolute atomic E-state index is 0. The SMILES string of the molecule is CCOC(=O)N1CCC(NC(=NC)NCc2cccc(F)c2)CC1.I. The van der Waals surface area contributed by atoms with E-state index in [2.05, 4.69) is 15.6 Å². The summed E-state index contributed by atoms with van der Waals surface area (Å²) in [6, 6.07) is 6.72. The van der Waals surface area contributed by atoms with Crippen LogP contribution in [0.2, 0.25) is 0 Å². The molecule has 2 rings (SSSR count). The fourth-order valence-corrected chi connectivity index (χ4v) is 2.64. The highest BCUT2D eigenvalue weighted by molar-refractivity contribution is 14.0. The first-order chi connectivity index (χ1) is 11.6. The van der Waals surface area contributed by atoms with Gasteiger partial charge in [-0.3, -0.25) is 4.99 Å². The lowest BCUT2D eigenvalue weighted by Crippen LogP contribution is -2.49. The number of carbonyl (C=O) groups excluding carboxylic acids is 1. The van der Waals surface area contributed by atoms with Crippen molar-refractivity contribution in [2.45, 2.75) is 32.4 Å². The Hall–Kier alpha value is -1.58. The molecule has 1 saturated heterocycles. The van der Waals surface area contributed by atoms with Gasteiger partial charge in [0.1, 0.15) is 5.82 Å². The van der Waals surface area contributed by atoms with Crippen molar-refractivity contribution in [1.29, 1.82) is 0 Å². The first-order valence-electron chi connectivity index (χ1n) is 8.25. The van der Waals surface area contributed by atoms with Gasteiger partial charge in [-0.1, -0.05) is 12.1 Å². The maximum absolute atomic E-state index is 13.2. The molecule has 1 aliphatic heterocycles. The van der Waals surface area contributed by atoms with E-state index in [1.54, 1.807) is 24.9 Å². The van der Waals surface area contributed by atoms with E-state index in [1.165, 1.54) is 12.1 Å². The molecule has 1 aliphatic rings. The molecule has 0 aromatic heterocycles. The van der Waals surface area contributed by atoms with E-state index in [9.17, 15) is 9.18 Å². The van der Waals surface area contributed by atoms with Gasteiger partial charge in [0, 0.05) is 32.7 Å². The summed E-state index contributed by atoms with van der Waals surface area (Å²) >= 11 is 0. The molecule has 0 radical (unpaired) electrons. The highest BCUT2D eigenvalue weighted by Gasteiger charge is 2.23. The van der Waals surface area contributed by atoms with Gasteiger partial charge in [-0.2, -0.15) is 0 Å². The number of guanidine groups is 1. The molecule has 2 N–H and O–H groups in total. The number of likely N-dealkylation sites (tertiary alicyclic amines) is 1. The van der Waals surface area contributed by atoms with Crippen LogP contribution in [0.15, 0.2) is 29.3 Å². The standard InChI is InChI=1S/C17H25FN4O2.HI/c1-3-24-17(23)22-9-7-15(8-10-22)21-16(19-2)20-12-13-5-4-6-14(18)11-13;/h4-6,11,15H,3,7-10,12H2,1-2H3,(H2,19,20,21);1H. The summed E-state index contributed by atoms with van der Waals surface area (Å²) in [4.78, 5) is 17.6. The first-order valence-corrected chi connectivity index (χ1v) is 8.25. The molecule has 0 atom stereocenters. The zero-order chi connectivity index (χ0) is 17.4. The normalized spacial score (nSPS) is 15.3. The largest absolute Gasteiger partial charge is 0.450 e. The lowest BCUT2D eigenvalue weighted by atomic mass is 10.1. The van der Waals surface area contributed by atoms with Crippen molar-refractivity contribution in [3.8, 4) is 0 Å². The quantitative estimate of drug-likeness (QED) is 0.409. The first kappa shape index (κ1) is 21.5. The number of benzene rings is 1. The highest BCUT2D eigenvalue weighted by atomic mass is 127. The van der Waals surface area contributed by atoms with Crippen molar-refractivity contribution in [3.05, 3.63) is 35.6 Å². The summed E-state index contributed by atoms with van der Waals surface area (Å²) in [7, 11) is 1.70. The van der Waals surface area contributed by atoms with Crippen LogP contribution in [-0.4, -0.2) is 49.7 Å². The highest BCUT2D eigenvalue weighted by Crippen LogP contribution is 2.11. The van der Waals surface area contributed by atoms with Crippen LogP contribution < -0.4 is 10.6 Å². The molecule has 0 unspecified atom stereocenters. The fraction of sp³-hybridized carbons (Fsp3) is 0.529. The second-order valence-electron chi connectivity index (χ2n) is 5.66. The Balaban J connectivity index is 0.00000312. The van der Waals surface area contributed by atoms with E-state index in [-0.39, 0.29) is 41.9 Å². The minimum Gasteiger partial charge on any atom is -0.450 e. The van der Waals surface area contributed by atoms with Crippen LogP contribution in [0.4, 0.5) is 9.18 Å². The van der Waals surface area contributed by atoms with Gasteiger partial charge in [-0.15, -0.1) is 24.0 Å². The topological polar surface area (TPSA) is 66.0 Å². The molecular formula is C17H26FIN4O2. The third-order valence-electron chi connectivity index (χ3n) is 3.93. The average molecular weight is 464 g/mol. The number of nitrogens with one attached hydrogen (secondary N) is 2. The summed E-state index contributed by atoms with van der Waals surface area (Å²) in [6.45, 7) is 4.03. The molecule has 0 bridgehead atoms. The van der Waals surface area contributed by atoms with Crippen molar-refractivity contribution < 1.29 is 13.9 Å². The molecule has 1 fully saturated rings. The van der Waals surface area contributed by atoms with Crippen molar-refractivity contribution in [2.24, 2.45) is 4.99 Å². The molecule has 140 valence electrons. The molecule has 1 heterocycles. The Kier molecular flexibility index (Phi) is 9.54. The zero-order valence-electron chi connectivity index (χ0n) is 14.6. The number of piperidine rings is 1. The van der Waals surface area contributed by atoms with Gasteiger partial charge in [-0.05, 0) is 37.5 Å². The van der Waals surface area contributed by atoms with Crippen LogP contribution in [0.3, 0.4) is 0 Å². The predicted molar refractivity (Wildman–Crippen MR) is 107 cm³/mol. The van der Waals surface area contributed by atoms with Crippen molar-refractivity contribution in [3.63, 3.8) is 0 Å². The van der Waals surface area contributed by atoms with Gasteiger partial charge < -0.3 is 20.3 Å². The second-order valence-corrected chi connectivity index (χ2v) is 5.66. The van der Waals surface area contributed by atoms with Crippen LogP contribution >= 0.6 is 24.0 Å². The molecule has 25 heavy (non-hydrogen) atoms. The van der Waals surface area contributed by atoms with Crippen molar-refractivity contribution in [2.75, 3.05) is 26.7 Å². The van der Waals surface area contributed by atoms with Gasteiger partial charge >= 0.3 is 6.09 Å². The van der Waals surface area contributed by atoms with Gasteiger partial charge in [0.2, 0.25) is 0 Å². The predicted octanol–water partition coefficient (Wildman–Crippen LogP) is 2.73. The Morgan fingerprint density at radius 2 is 2.12 bits per heavy atom. The molecule has 0 spiro atoms. The Morgan fingerprint density at radius 1 is 1.40 bits per heavy atom. The summed E-state index contributed by atoms with van der Waals surface area (Å²) in [6.07, 6.45) is 1.42. The number of rotatable bonds is 4. The van der Waals surface area contributed by atoms with Crippen LogP contribution in [-0.2, 0) is 11.3 Å². The molecule has 1 amide bonds. The number of hydrogen-bond donors (Lipinski definition) is 2. The van der Waals surface area contributed by atoms with Crippen LogP contribution in [0.5, 0.6) is 0 Å². The maximum Gasteiger partial charge on any atom is 0.409 e. The smallest absolute Gasteiger partial charge is 0.409 e. The third kappa shape index (κ3) is 7.05. The number of carbonyl (C=O) groups is 1. The second kappa shape index (κ2) is 11.1. The van der Waals surface area contributed by atoms with Gasteiger partial charge in [0.15, 0.2) is 5.96 Å². The number of hydrogen-bond acceptors (Lipinski definition) is 3. The Labute approximate surface area is 165 Å². The molecular weight excluding hydrogens is 438 g/mol. The van der Waals surface area contributed by atoms with Gasteiger partial charge in [0.05, 0.1) is 6.61 Å². The number of ether oxygens (including phenoxy) is 1. The van der Waals surface area contributed by atoms with E-state index in [4.69, 9.17) is 4.74 Å². The molecule has 0 saturated carbocycles. The summed E-state index contributed by atoms with van der Waals surface area (Å²) in [5.41, 5.74) is 0.857. The van der Waals surface area contributed by atoms with E-state index in [0.717, 1.165) is 18.4 Å². The zero-order valence-corrected chi connectivity index (χ0v) is 17.0. The van der Waals surface area contributed by atoms with Crippen LogP contribution in [0.1, 0.15) is 25.3 Å². The Bertz CT molecular complexity index is 578. The molecule has 1 aromatic carbocycles. The van der Waals surface area contributed by atoms with Crippen LogP contribution in [0.25, 0.3) is 0 Å². The van der Waals surface area contributed by atoms with Crippen molar-refractivity contribution in [1.82, 2.24) is 15.5 Å². The average Bonchev–Trinajstić information content (AvgIpc) is 2.59. The Morgan fingerprint density at radius 3 is 2.72 bits per heavy atom. The van der Waals surface area contributed by atoms with Gasteiger partial charge in [0.25, 0.3) is 0 Å². The number of nitrogens with zero attached hydrogens (tertiary/aromatic N) is 2. The number of amides is 1. The van der Waals surface area contributed by atoms with Gasteiger partial charge in [-0.25, -0.2) is 9.18 Å². The lowest BCUT2D eigenvalue weighted by Gasteiger charge is -2.32. The van der Waals surface area contributed by atoms with Crippen molar-refractivity contribution >= 4 is 36.0 Å². The number of aliphatic imine (C=N–C) groups is 1. The maximum atomic E-state index is 13.2.